The molecule has 7 atom stereocenters. The topological polar surface area (TPSA) is 244 Å². The number of likely N-dealkylation sites (tertiary alicyclic amines) is 1. The highest BCUT2D eigenvalue weighted by Gasteiger charge is 2.41. The number of hydrogen-bond acceptors (Lipinski definition) is 9. The van der Waals surface area contributed by atoms with Crippen molar-refractivity contribution in [1.29, 1.82) is 0 Å². The summed E-state index contributed by atoms with van der Waals surface area (Å²) in [4.78, 5) is 89.8. The molecule has 16 heteroatoms. The van der Waals surface area contributed by atoms with E-state index < -0.39 is 84.2 Å². The Bertz CT molecular complexity index is 1110. The molecular weight excluding hydrogens is 592 g/mol. The highest BCUT2D eigenvalue weighted by atomic mass is 16.4. The lowest BCUT2D eigenvalue weighted by Gasteiger charge is -2.32. The lowest BCUT2D eigenvalue weighted by atomic mass is 10.00. The lowest BCUT2D eigenvalue weighted by molar-refractivity contribution is -0.148. The Morgan fingerprint density at radius 1 is 0.800 bits per heavy atom. The number of nitrogens with zero attached hydrogens (tertiary/aromatic N) is 1. The van der Waals surface area contributed by atoms with Crippen molar-refractivity contribution in [2.45, 2.75) is 115 Å². The van der Waals surface area contributed by atoms with E-state index in [2.05, 4.69) is 21.3 Å². The molecule has 2 rings (SSSR count). The van der Waals surface area contributed by atoms with Crippen LogP contribution in [0.2, 0.25) is 0 Å². The summed E-state index contributed by atoms with van der Waals surface area (Å²) < 4.78 is 0. The quantitative estimate of drug-likeness (QED) is 0.0946. The zero-order valence-electron chi connectivity index (χ0n) is 26.5. The molecule has 2 fully saturated rings. The van der Waals surface area contributed by atoms with Gasteiger partial charge in [-0.2, -0.15) is 0 Å². The number of carboxylic acid groups (broad SMARTS) is 2. The molecule has 2 heterocycles. The average Bonchev–Trinajstić information content (AvgIpc) is 3.65. The van der Waals surface area contributed by atoms with E-state index in [1.54, 1.807) is 13.8 Å². The third kappa shape index (κ3) is 11.0. The largest absolute Gasteiger partial charge is 0.481 e. The first-order valence-corrected chi connectivity index (χ1v) is 15.4. The first-order valence-electron chi connectivity index (χ1n) is 15.4. The fourth-order valence-corrected chi connectivity index (χ4v) is 5.45. The Kier molecular flexibility index (Phi) is 14.2. The summed E-state index contributed by atoms with van der Waals surface area (Å²) in [6.45, 7) is 9.31. The average molecular weight is 641 g/mol. The summed E-state index contributed by atoms with van der Waals surface area (Å²) >= 11 is 0. The number of carbonyl (C=O) groups excluding carboxylic acids is 5. The summed E-state index contributed by atoms with van der Waals surface area (Å²) in [6, 6.07) is -6.80. The SMILES string of the molecule is CC(C)C[C@H](NC(=O)[C@@H]1CCCN1)C(=O)N1CCC[C@H]1C(=O)N[C@H](C(=O)N[C@H](C(=O)N[C@@H](CC(=O)O)C(=O)O)[C@@H](C)O)C(C)C. The van der Waals surface area contributed by atoms with Gasteiger partial charge in [-0.15, -0.1) is 0 Å². The molecule has 2 aliphatic rings. The molecule has 16 nitrogen and oxygen atoms in total. The molecule has 0 bridgehead atoms. The van der Waals surface area contributed by atoms with E-state index in [0.717, 1.165) is 13.0 Å². The lowest BCUT2D eigenvalue weighted by Crippen LogP contribution is -2.61. The molecule has 0 aromatic carbocycles. The molecule has 0 aromatic heterocycles. The fourth-order valence-electron chi connectivity index (χ4n) is 5.45. The second-order valence-corrected chi connectivity index (χ2v) is 12.5. The van der Waals surface area contributed by atoms with Gasteiger partial charge in [-0.25, -0.2) is 4.79 Å². The van der Waals surface area contributed by atoms with Crippen LogP contribution in [0.5, 0.6) is 0 Å². The zero-order valence-corrected chi connectivity index (χ0v) is 26.5. The molecule has 0 radical (unpaired) electrons. The number of aliphatic hydroxyl groups excluding tert-OH is 1. The summed E-state index contributed by atoms with van der Waals surface area (Å²) in [5.41, 5.74) is 0. The van der Waals surface area contributed by atoms with Crippen LogP contribution < -0.4 is 26.6 Å². The first kappa shape index (κ1) is 37.4. The highest BCUT2D eigenvalue weighted by Crippen LogP contribution is 2.21. The van der Waals surface area contributed by atoms with Crippen LogP contribution in [0.1, 0.15) is 73.1 Å². The third-order valence-corrected chi connectivity index (χ3v) is 7.84. The summed E-state index contributed by atoms with van der Waals surface area (Å²) in [6.07, 6.45) is 0.319. The minimum absolute atomic E-state index is 0.0775. The molecule has 0 saturated carbocycles. The Morgan fingerprint density at radius 3 is 1.96 bits per heavy atom. The van der Waals surface area contributed by atoms with Crippen LogP contribution in [0.15, 0.2) is 0 Å². The van der Waals surface area contributed by atoms with E-state index in [1.165, 1.54) is 11.8 Å². The van der Waals surface area contributed by atoms with Crippen molar-refractivity contribution in [2.75, 3.05) is 13.1 Å². The van der Waals surface area contributed by atoms with Gasteiger partial charge in [0.25, 0.3) is 0 Å². The van der Waals surface area contributed by atoms with Crippen molar-refractivity contribution in [3.8, 4) is 0 Å². The first-order chi connectivity index (χ1) is 21.0. The minimum Gasteiger partial charge on any atom is -0.481 e. The van der Waals surface area contributed by atoms with Gasteiger partial charge in [-0.05, 0) is 57.4 Å². The van der Waals surface area contributed by atoms with Crippen LogP contribution in [0.25, 0.3) is 0 Å². The van der Waals surface area contributed by atoms with Gasteiger partial charge < -0.3 is 46.8 Å². The molecule has 2 aliphatic heterocycles. The van der Waals surface area contributed by atoms with Crippen LogP contribution >= 0.6 is 0 Å². The number of rotatable bonds is 16. The van der Waals surface area contributed by atoms with Gasteiger partial charge >= 0.3 is 11.9 Å². The molecule has 0 unspecified atom stereocenters. The van der Waals surface area contributed by atoms with Crippen LogP contribution in [0.4, 0.5) is 0 Å². The van der Waals surface area contributed by atoms with E-state index in [9.17, 15) is 43.8 Å². The van der Waals surface area contributed by atoms with Gasteiger partial charge in [0, 0.05) is 6.54 Å². The van der Waals surface area contributed by atoms with E-state index in [1.807, 2.05) is 19.2 Å². The van der Waals surface area contributed by atoms with Gasteiger partial charge in [-0.1, -0.05) is 27.7 Å². The van der Waals surface area contributed by atoms with E-state index >= 15 is 0 Å². The molecule has 254 valence electrons. The van der Waals surface area contributed by atoms with Gasteiger partial charge in [-0.3, -0.25) is 28.8 Å². The maximum absolute atomic E-state index is 13.7. The van der Waals surface area contributed by atoms with Crippen molar-refractivity contribution in [3.05, 3.63) is 0 Å². The molecule has 8 N–H and O–H groups in total. The van der Waals surface area contributed by atoms with E-state index in [0.29, 0.717) is 25.7 Å². The van der Waals surface area contributed by atoms with Crippen LogP contribution in [-0.4, -0.2) is 117 Å². The fraction of sp³-hybridized carbons (Fsp3) is 0.759. The monoisotopic (exact) mass is 640 g/mol. The van der Waals surface area contributed by atoms with E-state index in [4.69, 9.17) is 5.11 Å². The number of carbonyl (C=O) groups is 7. The predicted octanol–water partition coefficient (Wildman–Crippen LogP) is -1.69. The predicted molar refractivity (Wildman–Crippen MR) is 159 cm³/mol. The molecule has 2 saturated heterocycles. The number of nitrogens with one attached hydrogen (secondary N) is 5. The second-order valence-electron chi connectivity index (χ2n) is 12.5. The van der Waals surface area contributed by atoms with Crippen molar-refractivity contribution >= 4 is 41.5 Å². The standard InChI is InChI=1S/C29H48N6O10/c1-14(2)12-18(31-24(39)17-8-6-10-30-17)28(43)35-11-7-9-20(35)25(40)33-22(15(3)4)26(41)34-23(16(5)36)27(42)32-19(29(44)45)13-21(37)38/h14-20,22-23,30,36H,6-13H2,1-5H3,(H,31,39)(H,32,42)(H,33,40)(H,34,41)(H,37,38)(H,44,45)/t16-,17+,18+,19+,20+,22+,23+/m1/s1. The van der Waals surface area contributed by atoms with Crippen LogP contribution in [0.3, 0.4) is 0 Å². The molecule has 5 amide bonds. The van der Waals surface area contributed by atoms with Gasteiger partial charge in [0.05, 0.1) is 18.6 Å². The van der Waals surface area contributed by atoms with Crippen LogP contribution in [0, 0.1) is 11.8 Å². The van der Waals surface area contributed by atoms with Crippen molar-refractivity contribution in [1.82, 2.24) is 31.5 Å². The minimum atomic E-state index is -1.81. The second kappa shape index (κ2) is 17.1. The number of hydrogen-bond donors (Lipinski definition) is 8. The summed E-state index contributed by atoms with van der Waals surface area (Å²) in [5, 5.41) is 41.3. The number of aliphatic carboxylic acids is 2. The Labute approximate surface area is 262 Å². The summed E-state index contributed by atoms with van der Waals surface area (Å²) in [5.74, 6) is -6.77. The Balaban J connectivity index is 2.15. The van der Waals surface area contributed by atoms with Gasteiger partial charge in [0.2, 0.25) is 29.5 Å². The number of carboxylic acids is 2. The highest BCUT2D eigenvalue weighted by molar-refractivity contribution is 5.97. The Morgan fingerprint density at radius 2 is 1.44 bits per heavy atom. The number of aliphatic hydroxyl groups is 1. The maximum atomic E-state index is 13.7. The van der Waals surface area contributed by atoms with Gasteiger partial charge in [0.15, 0.2) is 0 Å². The van der Waals surface area contributed by atoms with Crippen molar-refractivity contribution in [3.63, 3.8) is 0 Å². The number of amides is 5. The summed E-state index contributed by atoms with van der Waals surface area (Å²) in [7, 11) is 0. The smallest absolute Gasteiger partial charge is 0.326 e. The van der Waals surface area contributed by atoms with E-state index in [-0.39, 0.29) is 24.4 Å². The zero-order chi connectivity index (χ0) is 34.0. The van der Waals surface area contributed by atoms with Gasteiger partial charge in [0.1, 0.15) is 30.2 Å². The Hall–Kier alpha value is -3.79. The normalized spacial score (nSPS) is 21.4. The van der Waals surface area contributed by atoms with Crippen molar-refractivity contribution in [2.24, 2.45) is 11.8 Å². The molecule has 0 aliphatic carbocycles. The molecule has 0 spiro atoms. The van der Waals surface area contributed by atoms with Crippen molar-refractivity contribution < 1.29 is 48.9 Å². The molecular formula is C29H48N6O10. The maximum Gasteiger partial charge on any atom is 0.326 e. The molecule has 45 heavy (non-hydrogen) atoms. The molecule has 0 aromatic rings. The third-order valence-electron chi connectivity index (χ3n) is 7.84. The van der Waals surface area contributed by atoms with Crippen LogP contribution in [-0.2, 0) is 33.6 Å².